The van der Waals surface area contributed by atoms with E-state index in [0.29, 0.717) is 31.4 Å². The van der Waals surface area contributed by atoms with E-state index in [1.807, 2.05) is 4.90 Å². The van der Waals surface area contributed by atoms with Crippen LogP contribution < -0.4 is 0 Å². The first-order chi connectivity index (χ1) is 11.7. The van der Waals surface area contributed by atoms with Gasteiger partial charge in [-0.25, -0.2) is 4.39 Å². The van der Waals surface area contributed by atoms with Crippen molar-refractivity contribution in [1.82, 2.24) is 9.80 Å². The summed E-state index contributed by atoms with van der Waals surface area (Å²) in [6, 6.07) is 5.98. The summed E-state index contributed by atoms with van der Waals surface area (Å²) in [6.07, 6.45) is 2.63. The minimum Gasteiger partial charge on any atom is -0.377 e. The molecule has 0 bridgehead atoms. The number of carbonyl (C=O) groups is 1. The minimum atomic E-state index is -0.326. The molecule has 1 amide bonds. The lowest BCUT2D eigenvalue weighted by Gasteiger charge is -2.37. The number of benzene rings is 1. The average molecular weight is 334 g/mol. The lowest BCUT2D eigenvalue weighted by molar-refractivity contribution is -0.0614. The molecule has 5 nitrogen and oxygen atoms in total. The lowest BCUT2D eigenvalue weighted by atomic mass is 10.1. The molecule has 3 aliphatic heterocycles. The highest BCUT2D eigenvalue weighted by molar-refractivity contribution is 5.94. The van der Waals surface area contributed by atoms with Gasteiger partial charge >= 0.3 is 0 Å². The fourth-order valence-electron chi connectivity index (χ4n) is 3.98. The van der Waals surface area contributed by atoms with Crippen LogP contribution in [0.25, 0.3) is 0 Å². The Labute approximate surface area is 141 Å². The Bertz CT molecular complexity index is 588. The van der Waals surface area contributed by atoms with E-state index in [2.05, 4.69) is 4.90 Å². The van der Waals surface area contributed by atoms with Gasteiger partial charge in [0.25, 0.3) is 5.91 Å². The van der Waals surface area contributed by atoms with E-state index >= 15 is 0 Å². The van der Waals surface area contributed by atoms with Crippen molar-refractivity contribution in [2.75, 3.05) is 39.4 Å². The predicted octanol–water partition coefficient (Wildman–Crippen LogP) is 1.53. The predicted molar refractivity (Wildman–Crippen MR) is 86.4 cm³/mol. The summed E-state index contributed by atoms with van der Waals surface area (Å²) >= 11 is 0. The Morgan fingerprint density at radius 3 is 2.75 bits per heavy atom. The van der Waals surface area contributed by atoms with E-state index in [9.17, 15) is 9.18 Å². The van der Waals surface area contributed by atoms with Gasteiger partial charge in [0.2, 0.25) is 0 Å². The highest BCUT2D eigenvalue weighted by Gasteiger charge is 2.42. The molecule has 0 aliphatic carbocycles. The summed E-state index contributed by atoms with van der Waals surface area (Å²) in [4.78, 5) is 16.9. The Hall–Kier alpha value is -1.50. The maximum absolute atomic E-state index is 13.1. The number of rotatable bonds is 3. The molecule has 1 aromatic carbocycles. The molecule has 3 aliphatic rings. The molecule has 6 heteroatoms. The average Bonchev–Trinajstić information content (AvgIpc) is 3.24. The molecule has 4 rings (SSSR count). The summed E-state index contributed by atoms with van der Waals surface area (Å²) in [7, 11) is 0. The first-order valence-corrected chi connectivity index (χ1v) is 8.73. The molecule has 3 saturated heterocycles. The monoisotopic (exact) mass is 334 g/mol. The zero-order valence-corrected chi connectivity index (χ0v) is 13.7. The summed E-state index contributed by atoms with van der Waals surface area (Å²) < 4.78 is 24.7. The SMILES string of the molecule is O=C(c1ccc(F)cc1)N1C[C@@H]2OCCN(CC3CCCO3)[C@@H]2C1. The van der Waals surface area contributed by atoms with Crippen molar-refractivity contribution in [3.05, 3.63) is 35.6 Å². The van der Waals surface area contributed by atoms with Crippen LogP contribution in [-0.2, 0) is 9.47 Å². The first kappa shape index (κ1) is 16.0. The van der Waals surface area contributed by atoms with Crippen molar-refractivity contribution in [1.29, 1.82) is 0 Å². The number of fused-ring (bicyclic) bond motifs is 1. The van der Waals surface area contributed by atoms with E-state index < -0.39 is 0 Å². The van der Waals surface area contributed by atoms with Gasteiger partial charge in [-0.1, -0.05) is 0 Å². The lowest BCUT2D eigenvalue weighted by Crippen LogP contribution is -2.52. The van der Waals surface area contributed by atoms with Gasteiger partial charge in [-0.3, -0.25) is 9.69 Å². The third-order valence-electron chi connectivity index (χ3n) is 5.26. The number of amides is 1. The fraction of sp³-hybridized carbons (Fsp3) is 0.611. The highest BCUT2D eigenvalue weighted by Crippen LogP contribution is 2.26. The Morgan fingerprint density at radius 2 is 2.00 bits per heavy atom. The van der Waals surface area contributed by atoms with Gasteiger partial charge in [0.15, 0.2) is 0 Å². The normalized spacial score (nSPS) is 30.5. The molecule has 0 radical (unpaired) electrons. The quantitative estimate of drug-likeness (QED) is 0.841. The van der Waals surface area contributed by atoms with Crippen LogP contribution in [-0.4, -0.2) is 73.3 Å². The second kappa shape index (κ2) is 6.78. The number of hydrogen-bond acceptors (Lipinski definition) is 4. The van der Waals surface area contributed by atoms with Gasteiger partial charge in [-0.15, -0.1) is 0 Å². The topological polar surface area (TPSA) is 42.0 Å². The molecule has 0 spiro atoms. The smallest absolute Gasteiger partial charge is 0.254 e. The largest absolute Gasteiger partial charge is 0.377 e. The highest BCUT2D eigenvalue weighted by atomic mass is 19.1. The van der Waals surface area contributed by atoms with Crippen LogP contribution in [0.2, 0.25) is 0 Å². The molecule has 130 valence electrons. The van der Waals surface area contributed by atoms with E-state index in [4.69, 9.17) is 9.47 Å². The van der Waals surface area contributed by atoms with Crippen LogP contribution in [0.1, 0.15) is 23.2 Å². The van der Waals surface area contributed by atoms with Crippen LogP contribution in [0, 0.1) is 5.82 Å². The number of morpholine rings is 1. The van der Waals surface area contributed by atoms with Crippen molar-refractivity contribution in [3.63, 3.8) is 0 Å². The molecule has 3 atom stereocenters. The van der Waals surface area contributed by atoms with E-state index in [1.165, 1.54) is 12.1 Å². The number of likely N-dealkylation sites (tertiary alicyclic amines) is 1. The van der Waals surface area contributed by atoms with Gasteiger partial charge in [-0.2, -0.15) is 0 Å². The Kier molecular flexibility index (Phi) is 4.52. The fourth-order valence-corrected chi connectivity index (χ4v) is 3.98. The molecule has 0 saturated carbocycles. The second-order valence-corrected chi connectivity index (χ2v) is 6.82. The standard InChI is InChI=1S/C18H23FN2O3/c19-14-5-3-13(4-6-14)18(22)21-11-16-17(12-21)24-9-7-20(16)10-15-2-1-8-23-15/h3-6,15-17H,1-2,7-12H2/t15?,16-,17+/m1/s1. The van der Waals surface area contributed by atoms with E-state index in [0.717, 1.165) is 32.5 Å². The van der Waals surface area contributed by atoms with Crippen LogP contribution in [0.3, 0.4) is 0 Å². The maximum Gasteiger partial charge on any atom is 0.254 e. The number of hydrogen-bond donors (Lipinski definition) is 0. The molecule has 1 unspecified atom stereocenters. The molecule has 1 aromatic rings. The van der Waals surface area contributed by atoms with Crippen LogP contribution in [0.5, 0.6) is 0 Å². The summed E-state index contributed by atoms with van der Waals surface area (Å²) in [5.41, 5.74) is 0.528. The third kappa shape index (κ3) is 3.18. The zero-order chi connectivity index (χ0) is 16.5. The van der Waals surface area contributed by atoms with Crippen LogP contribution in [0.15, 0.2) is 24.3 Å². The summed E-state index contributed by atoms with van der Waals surface area (Å²) in [6.45, 7) is 4.63. The Balaban J connectivity index is 1.43. The van der Waals surface area contributed by atoms with Gasteiger partial charge in [0.1, 0.15) is 5.82 Å². The van der Waals surface area contributed by atoms with Crippen LogP contribution in [0.4, 0.5) is 4.39 Å². The summed E-state index contributed by atoms with van der Waals surface area (Å²) in [5.74, 6) is -0.377. The van der Waals surface area contributed by atoms with Crippen molar-refractivity contribution in [2.45, 2.75) is 31.1 Å². The maximum atomic E-state index is 13.1. The van der Waals surface area contributed by atoms with Crippen molar-refractivity contribution >= 4 is 5.91 Å². The number of nitrogens with zero attached hydrogens (tertiary/aromatic N) is 2. The van der Waals surface area contributed by atoms with Crippen LogP contribution >= 0.6 is 0 Å². The molecular formula is C18H23FN2O3. The molecular weight excluding hydrogens is 311 g/mol. The third-order valence-corrected chi connectivity index (χ3v) is 5.26. The first-order valence-electron chi connectivity index (χ1n) is 8.73. The number of halogens is 1. The van der Waals surface area contributed by atoms with Crippen molar-refractivity contribution < 1.29 is 18.7 Å². The Morgan fingerprint density at radius 1 is 1.17 bits per heavy atom. The minimum absolute atomic E-state index is 0.0509. The number of carbonyl (C=O) groups excluding carboxylic acids is 1. The van der Waals surface area contributed by atoms with E-state index in [-0.39, 0.29) is 23.9 Å². The molecule has 3 heterocycles. The van der Waals surface area contributed by atoms with Crippen molar-refractivity contribution in [2.24, 2.45) is 0 Å². The van der Waals surface area contributed by atoms with Gasteiger partial charge in [0.05, 0.1) is 24.9 Å². The van der Waals surface area contributed by atoms with Gasteiger partial charge in [-0.05, 0) is 37.1 Å². The second-order valence-electron chi connectivity index (χ2n) is 6.82. The van der Waals surface area contributed by atoms with Crippen molar-refractivity contribution in [3.8, 4) is 0 Å². The molecule has 3 fully saturated rings. The molecule has 0 aromatic heterocycles. The molecule has 24 heavy (non-hydrogen) atoms. The van der Waals surface area contributed by atoms with Gasteiger partial charge < -0.3 is 14.4 Å². The summed E-state index contributed by atoms with van der Waals surface area (Å²) in [5, 5.41) is 0. The zero-order valence-electron chi connectivity index (χ0n) is 13.7. The van der Waals surface area contributed by atoms with Gasteiger partial charge in [0, 0.05) is 38.3 Å². The molecule has 0 N–H and O–H groups in total. The number of ether oxygens (including phenoxy) is 2. The van der Waals surface area contributed by atoms with E-state index in [1.54, 1.807) is 12.1 Å².